The third-order valence-corrected chi connectivity index (χ3v) is 2.60. The molecule has 1 heterocycles. The average Bonchev–Trinajstić information content (AvgIpc) is 2.29. The highest BCUT2D eigenvalue weighted by Gasteiger charge is 2.29. The van der Waals surface area contributed by atoms with Gasteiger partial charge in [-0.05, 0) is 40.9 Å². The molecule has 1 fully saturated rings. The van der Waals surface area contributed by atoms with E-state index in [1.807, 2.05) is 12.1 Å². The van der Waals surface area contributed by atoms with Gasteiger partial charge >= 0.3 is 0 Å². The summed E-state index contributed by atoms with van der Waals surface area (Å²) in [6.07, 6.45) is 2.14. The Hall–Kier alpha value is -0.280. The summed E-state index contributed by atoms with van der Waals surface area (Å²) in [4.78, 5) is 0. The van der Waals surface area contributed by atoms with E-state index < -0.39 is 0 Å². The van der Waals surface area contributed by atoms with Crippen LogP contribution in [-0.2, 0) is 0 Å². The minimum atomic E-state index is 0.392. The summed E-state index contributed by atoms with van der Waals surface area (Å²) in [6.45, 7) is 0. The maximum Gasteiger partial charge on any atom is 0.169 e. The zero-order valence-electron chi connectivity index (χ0n) is 6.09. The molecule has 1 aliphatic carbocycles. The van der Waals surface area contributed by atoms with Crippen molar-refractivity contribution < 1.29 is 4.42 Å². The Kier molecular flexibility index (Phi) is 1.77. The molecular formula is C8H10BrNO. The normalized spacial score (nSPS) is 30.0. The first-order chi connectivity index (χ1) is 5.25. The summed E-state index contributed by atoms with van der Waals surface area (Å²) >= 11 is 3.27. The summed E-state index contributed by atoms with van der Waals surface area (Å²) in [6, 6.07) is 4.34. The van der Waals surface area contributed by atoms with E-state index in [0.29, 0.717) is 12.0 Å². The Morgan fingerprint density at radius 2 is 2.18 bits per heavy atom. The zero-order chi connectivity index (χ0) is 7.84. The fourth-order valence-corrected chi connectivity index (χ4v) is 1.76. The number of furan rings is 1. The maximum absolute atomic E-state index is 5.66. The number of hydrogen-bond donors (Lipinski definition) is 1. The van der Waals surface area contributed by atoms with Crippen LogP contribution < -0.4 is 5.73 Å². The lowest BCUT2D eigenvalue weighted by Crippen LogP contribution is -2.34. The van der Waals surface area contributed by atoms with Crippen LogP contribution in [0.3, 0.4) is 0 Å². The number of halogens is 1. The fourth-order valence-electron chi connectivity index (χ4n) is 1.44. The lowest BCUT2D eigenvalue weighted by molar-refractivity contribution is 0.299. The lowest BCUT2D eigenvalue weighted by atomic mass is 9.79. The van der Waals surface area contributed by atoms with Gasteiger partial charge in [0.1, 0.15) is 5.76 Å². The van der Waals surface area contributed by atoms with Crippen molar-refractivity contribution in [2.75, 3.05) is 0 Å². The van der Waals surface area contributed by atoms with Gasteiger partial charge < -0.3 is 10.2 Å². The lowest BCUT2D eigenvalue weighted by Gasteiger charge is -2.30. The van der Waals surface area contributed by atoms with Crippen molar-refractivity contribution in [1.29, 1.82) is 0 Å². The van der Waals surface area contributed by atoms with Crippen LogP contribution in [0.25, 0.3) is 0 Å². The molecule has 0 aromatic carbocycles. The number of nitrogens with two attached hydrogens (primary N) is 1. The number of rotatable bonds is 1. The molecule has 2 nitrogen and oxygen atoms in total. The summed E-state index contributed by atoms with van der Waals surface area (Å²) < 4.78 is 6.21. The van der Waals surface area contributed by atoms with E-state index in [1.165, 1.54) is 0 Å². The van der Waals surface area contributed by atoms with Gasteiger partial charge in [-0.15, -0.1) is 0 Å². The number of hydrogen-bond acceptors (Lipinski definition) is 2. The second kappa shape index (κ2) is 2.64. The van der Waals surface area contributed by atoms with Crippen molar-refractivity contribution in [3.63, 3.8) is 0 Å². The first-order valence-corrected chi connectivity index (χ1v) is 4.56. The topological polar surface area (TPSA) is 39.2 Å². The smallest absolute Gasteiger partial charge is 0.169 e. The van der Waals surface area contributed by atoms with Crippen LogP contribution in [0.2, 0.25) is 0 Å². The molecule has 0 aliphatic heterocycles. The molecule has 1 aliphatic rings. The molecule has 0 atom stereocenters. The van der Waals surface area contributed by atoms with Gasteiger partial charge in [-0.3, -0.25) is 0 Å². The first kappa shape index (κ1) is 7.37. The Labute approximate surface area is 73.9 Å². The molecule has 0 saturated heterocycles. The highest BCUT2D eigenvalue weighted by Crippen LogP contribution is 2.37. The SMILES string of the molecule is NC1CC(c2ccc(Br)o2)C1. The molecular weight excluding hydrogens is 206 g/mol. The highest BCUT2D eigenvalue weighted by atomic mass is 79.9. The van der Waals surface area contributed by atoms with Crippen LogP contribution in [0, 0.1) is 0 Å². The minimum Gasteiger partial charge on any atom is -0.454 e. The Bertz CT molecular complexity index is 252. The van der Waals surface area contributed by atoms with Gasteiger partial charge in [0.05, 0.1) is 0 Å². The van der Waals surface area contributed by atoms with E-state index in [1.54, 1.807) is 0 Å². The summed E-state index contributed by atoms with van der Waals surface area (Å²) in [5.41, 5.74) is 5.66. The van der Waals surface area contributed by atoms with E-state index in [2.05, 4.69) is 15.9 Å². The minimum absolute atomic E-state index is 0.392. The molecule has 11 heavy (non-hydrogen) atoms. The largest absolute Gasteiger partial charge is 0.454 e. The standard InChI is InChI=1S/C8H10BrNO/c9-8-2-1-7(11-8)5-3-6(10)4-5/h1-2,5-6H,3-4,10H2. The van der Waals surface area contributed by atoms with Crippen molar-refractivity contribution in [3.8, 4) is 0 Å². The molecule has 0 radical (unpaired) electrons. The molecule has 1 aromatic heterocycles. The van der Waals surface area contributed by atoms with E-state index in [4.69, 9.17) is 10.2 Å². The predicted octanol–water partition coefficient (Wildman–Crippen LogP) is 2.25. The van der Waals surface area contributed by atoms with Crippen LogP contribution in [0.1, 0.15) is 24.5 Å². The Morgan fingerprint density at radius 3 is 2.64 bits per heavy atom. The van der Waals surface area contributed by atoms with Crippen LogP contribution in [0.4, 0.5) is 0 Å². The predicted molar refractivity (Wildman–Crippen MR) is 46.4 cm³/mol. The van der Waals surface area contributed by atoms with Gasteiger partial charge in [0.25, 0.3) is 0 Å². The second-order valence-electron chi connectivity index (χ2n) is 3.07. The van der Waals surface area contributed by atoms with Gasteiger partial charge in [-0.2, -0.15) is 0 Å². The monoisotopic (exact) mass is 215 g/mol. The molecule has 0 amide bonds. The van der Waals surface area contributed by atoms with Crippen LogP contribution in [-0.4, -0.2) is 6.04 Å². The van der Waals surface area contributed by atoms with Crippen molar-refractivity contribution in [2.45, 2.75) is 24.8 Å². The van der Waals surface area contributed by atoms with Gasteiger partial charge in [0.2, 0.25) is 0 Å². The highest BCUT2D eigenvalue weighted by molar-refractivity contribution is 9.10. The molecule has 0 unspecified atom stereocenters. The second-order valence-corrected chi connectivity index (χ2v) is 3.85. The molecule has 1 aromatic rings. The molecule has 2 N–H and O–H groups in total. The third-order valence-electron chi connectivity index (χ3n) is 2.17. The van der Waals surface area contributed by atoms with Gasteiger partial charge in [0.15, 0.2) is 4.67 Å². The van der Waals surface area contributed by atoms with Crippen molar-refractivity contribution in [1.82, 2.24) is 0 Å². The molecule has 3 heteroatoms. The van der Waals surface area contributed by atoms with Crippen LogP contribution >= 0.6 is 15.9 Å². The van der Waals surface area contributed by atoms with Crippen LogP contribution in [0.15, 0.2) is 21.2 Å². The van der Waals surface area contributed by atoms with Crippen molar-refractivity contribution in [3.05, 3.63) is 22.6 Å². The van der Waals surface area contributed by atoms with E-state index in [9.17, 15) is 0 Å². The third kappa shape index (κ3) is 1.35. The molecule has 2 rings (SSSR count). The zero-order valence-corrected chi connectivity index (χ0v) is 7.67. The quantitative estimate of drug-likeness (QED) is 0.781. The molecule has 1 saturated carbocycles. The van der Waals surface area contributed by atoms with Crippen molar-refractivity contribution >= 4 is 15.9 Å². The summed E-state index contributed by atoms with van der Waals surface area (Å²) in [5, 5.41) is 0. The molecule has 0 bridgehead atoms. The van der Waals surface area contributed by atoms with Gasteiger partial charge in [-0.1, -0.05) is 0 Å². The Morgan fingerprint density at radius 1 is 1.45 bits per heavy atom. The summed E-state index contributed by atoms with van der Waals surface area (Å²) in [5.74, 6) is 1.63. The molecule has 0 spiro atoms. The van der Waals surface area contributed by atoms with Gasteiger partial charge in [0, 0.05) is 12.0 Å². The van der Waals surface area contributed by atoms with Crippen molar-refractivity contribution in [2.24, 2.45) is 5.73 Å². The Balaban J connectivity index is 2.07. The van der Waals surface area contributed by atoms with E-state index >= 15 is 0 Å². The maximum atomic E-state index is 5.66. The average molecular weight is 216 g/mol. The summed E-state index contributed by atoms with van der Waals surface area (Å²) in [7, 11) is 0. The first-order valence-electron chi connectivity index (χ1n) is 3.76. The van der Waals surface area contributed by atoms with Crippen LogP contribution in [0.5, 0.6) is 0 Å². The van der Waals surface area contributed by atoms with E-state index in [-0.39, 0.29) is 0 Å². The van der Waals surface area contributed by atoms with E-state index in [0.717, 1.165) is 23.3 Å². The fraction of sp³-hybridized carbons (Fsp3) is 0.500. The molecule has 60 valence electrons. The van der Waals surface area contributed by atoms with Gasteiger partial charge in [-0.25, -0.2) is 0 Å².